The van der Waals surface area contributed by atoms with E-state index in [1.54, 1.807) is 0 Å². The highest BCUT2D eigenvalue weighted by atomic mass is 16.5. The molecule has 0 spiro atoms. The van der Waals surface area contributed by atoms with Crippen LogP contribution in [-0.2, 0) is 19.1 Å². The Morgan fingerprint density at radius 2 is 0.914 bits per heavy atom. The van der Waals surface area contributed by atoms with E-state index in [1.165, 1.54) is 96.3 Å². The Morgan fingerprint density at radius 1 is 0.514 bits per heavy atom. The number of rotatable bonds is 27. The van der Waals surface area contributed by atoms with Crippen LogP contribution in [0.2, 0.25) is 0 Å². The second-order valence-corrected chi connectivity index (χ2v) is 10.7. The smallest absolute Gasteiger partial charge is 0.306 e. The molecule has 0 rings (SSSR count). The average Bonchev–Trinajstić information content (AvgIpc) is 2.84. The Balaban J connectivity index is 3.28. The molecule has 0 heterocycles. The zero-order valence-corrected chi connectivity index (χ0v) is 23.9. The third-order valence-corrected chi connectivity index (χ3v) is 6.86. The molecule has 0 aliphatic rings. The fourth-order valence-electron chi connectivity index (χ4n) is 4.48. The average molecular weight is 497 g/mol. The van der Waals surface area contributed by atoms with Crippen molar-refractivity contribution >= 4 is 11.9 Å². The van der Waals surface area contributed by atoms with Gasteiger partial charge in [0.2, 0.25) is 0 Å². The highest BCUT2D eigenvalue weighted by Crippen LogP contribution is 2.17. The van der Waals surface area contributed by atoms with Gasteiger partial charge in [0.15, 0.2) is 0 Å². The number of carbonyl (C=O) groups is 2. The molecule has 1 unspecified atom stereocenters. The van der Waals surface area contributed by atoms with Crippen LogP contribution >= 0.6 is 0 Å². The van der Waals surface area contributed by atoms with Crippen molar-refractivity contribution in [1.29, 1.82) is 0 Å². The summed E-state index contributed by atoms with van der Waals surface area (Å²) in [4.78, 5) is 23.5. The molecule has 0 fully saturated rings. The van der Waals surface area contributed by atoms with Gasteiger partial charge < -0.3 is 9.47 Å². The highest BCUT2D eigenvalue weighted by molar-refractivity contribution is 5.69. The van der Waals surface area contributed by atoms with Gasteiger partial charge in [-0.1, -0.05) is 136 Å². The predicted octanol–water partition coefficient (Wildman–Crippen LogP) is 9.72. The van der Waals surface area contributed by atoms with E-state index in [9.17, 15) is 9.59 Å². The quantitative estimate of drug-likeness (QED) is 0.0838. The molecule has 4 nitrogen and oxygen atoms in total. The first kappa shape index (κ1) is 33.9. The number of esters is 2. The van der Waals surface area contributed by atoms with Gasteiger partial charge in [0.25, 0.3) is 0 Å². The molecule has 0 aliphatic carbocycles. The Hall–Kier alpha value is -1.06. The van der Waals surface area contributed by atoms with Crippen LogP contribution in [0.4, 0.5) is 0 Å². The summed E-state index contributed by atoms with van der Waals surface area (Å²) in [6.45, 7) is 7.77. The molecule has 0 radical (unpaired) electrons. The normalized spacial score (nSPS) is 12.0. The Labute approximate surface area is 218 Å². The summed E-state index contributed by atoms with van der Waals surface area (Å²) in [6.07, 6.45) is 26.8. The van der Waals surface area contributed by atoms with Crippen LogP contribution in [0.3, 0.4) is 0 Å². The first-order valence-electron chi connectivity index (χ1n) is 15.4. The molecule has 0 aromatic carbocycles. The van der Waals surface area contributed by atoms with Crippen molar-refractivity contribution in [1.82, 2.24) is 0 Å². The Bertz CT molecular complexity index is 463. The second kappa shape index (κ2) is 27.5. The molecule has 0 N–H and O–H groups in total. The summed E-state index contributed by atoms with van der Waals surface area (Å²) < 4.78 is 10.6. The van der Waals surface area contributed by atoms with Gasteiger partial charge in [-0.25, -0.2) is 0 Å². The first-order chi connectivity index (χ1) is 17.1. The van der Waals surface area contributed by atoms with Crippen molar-refractivity contribution in [3.05, 3.63) is 0 Å². The van der Waals surface area contributed by atoms with Gasteiger partial charge in [0, 0.05) is 12.8 Å². The van der Waals surface area contributed by atoms with Crippen LogP contribution in [0.1, 0.15) is 168 Å². The highest BCUT2D eigenvalue weighted by Gasteiger charge is 2.10. The van der Waals surface area contributed by atoms with Crippen molar-refractivity contribution < 1.29 is 19.1 Å². The summed E-state index contributed by atoms with van der Waals surface area (Å²) in [5, 5.41) is 0. The Kier molecular flexibility index (Phi) is 26.7. The van der Waals surface area contributed by atoms with E-state index in [4.69, 9.17) is 9.47 Å². The molecule has 0 amide bonds. The molecule has 0 bridgehead atoms. The van der Waals surface area contributed by atoms with E-state index in [0.717, 1.165) is 38.5 Å². The van der Waals surface area contributed by atoms with Gasteiger partial charge in [-0.2, -0.15) is 0 Å². The molecule has 35 heavy (non-hydrogen) atoms. The largest absolute Gasteiger partial charge is 0.466 e. The Morgan fingerprint density at radius 3 is 1.40 bits per heavy atom. The summed E-state index contributed by atoms with van der Waals surface area (Å²) in [5.74, 6) is 0.427. The lowest BCUT2D eigenvalue weighted by molar-refractivity contribution is -0.145. The zero-order chi connectivity index (χ0) is 25.8. The molecule has 208 valence electrons. The van der Waals surface area contributed by atoms with E-state index in [-0.39, 0.29) is 11.9 Å². The van der Waals surface area contributed by atoms with Crippen molar-refractivity contribution in [3.8, 4) is 0 Å². The minimum atomic E-state index is -0.00956. The third-order valence-electron chi connectivity index (χ3n) is 6.86. The standard InChI is InChI=1S/C31H60O4/c1-4-6-8-22-26-34-30(32)25-21-19-17-15-13-11-10-12-14-16-18-20-24-29(3)28-31(33)35-27-23-9-7-5-2/h29H,4-28H2,1-3H3. The van der Waals surface area contributed by atoms with E-state index < -0.39 is 0 Å². The van der Waals surface area contributed by atoms with E-state index >= 15 is 0 Å². The van der Waals surface area contributed by atoms with Gasteiger partial charge in [-0.15, -0.1) is 0 Å². The molecule has 0 saturated carbocycles. The maximum atomic E-state index is 11.9. The minimum Gasteiger partial charge on any atom is -0.466 e. The fourth-order valence-corrected chi connectivity index (χ4v) is 4.48. The molecule has 0 aromatic heterocycles. The minimum absolute atomic E-state index is 0.00775. The first-order valence-corrected chi connectivity index (χ1v) is 15.4. The number of unbranched alkanes of at least 4 members (excludes halogenated alkanes) is 17. The van der Waals surface area contributed by atoms with Crippen molar-refractivity contribution in [2.24, 2.45) is 5.92 Å². The van der Waals surface area contributed by atoms with Crippen LogP contribution in [0.5, 0.6) is 0 Å². The van der Waals surface area contributed by atoms with Crippen LogP contribution in [-0.4, -0.2) is 25.2 Å². The van der Waals surface area contributed by atoms with Crippen LogP contribution in [0, 0.1) is 5.92 Å². The summed E-state index contributed by atoms with van der Waals surface area (Å²) >= 11 is 0. The SMILES string of the molecule is CCCCCCOC(=O)CCCCCCCCCCCCCCC(C)CC(=O)OCCCCCC. The van der Waals surface area contributed by atoms with Gasteiger partial charge in [-0.3, -0.25) is 9.59 Å². The van der Waals surface area contributed by atoms with Crippen LogP contribution in [0.15, 0.2) is 0 Å². The van der Waals surface area contributed by atoms with Crippen LogP contribution in [0.25, 0.3) is 0 Å². The lowest BCUT2D eigenvalue weighted by atomic mass is 9.99. The predicted molar refractivity (Wildman–Crippen MR) is 149 cm³/mol. The van der Waals surface area contributed by atoms with Crippen LogP contribution < -0.4 is 0 Å². The molecule has 0 aromatic rings. The fraction of sp³-hybridized carbons (Fsp3) is 0.935. The van der Waals surface area contributed by atoms with E-state index in [0.29, 0.717) is 32.0 Å². The van der Waals surface area contributed by atoms with Crippen molar-refractivity contribution in [3.63, 3.8) is 0 Å². The molecule has 1 atom stereocenters. The van der Waals surface area contributed by atoms with Gasteiger partial charge in [-0.05, 0) is 25.2 Å². The lowest BCUT2D eigenvalue weighted by Gasteiger charge is -2.11. The maximum Gasteiger partial charge on any atom is 0.306 e. The maximum absolute atomic E-state index is 11.9. The third kappa shape index (κ3) is 27.4. The van der Waals surface area contributed by atoms with Crippen molar-refractivity contribution in [2.75, 3.05) is 13.2 Å². The molecule has 4 heteroatoms. The van der Waals surface area contributed by atoms with E-state index in [1.807, 2.05) is 0 Å². The molecular weight excluding hydrogens is 436 g/mol. The van der Waals surface area contributed by atoms with Crippen molar-refractivity contribution in [2.45, 2.75) is 168 Å². The summed E-state index contributed by atoms with van der Waals surface area (Å²) in [5.41, 5.74) is 0. The molecular formula is C31H60O4. The van der Waals surface area contributed by atoms with Gasteiger partial charge in [0.1, 0.15) is 0 Å². The van der Waals surface area contributed by atoms with E-state index in [2.05, 4.69) is 20.8 Å². The summed E-state index contributed by atoms with van der Waals surface area (Å²) in [7, 11) is 0. The van der Waals surface area contributed by atoms with Gasteiger partial charge >= 0.3 is 11.9 Å². The topological polar surface area (TPSA) is 52.6 Å². The lowest BCUT2D eigenvalue weighted by Crippen LogP contribution is -2.10. The molecule has 0 aliphatic heterocycles. The zero-order valence-electron chi connectivity index (χ0n) is 23.9. The number of hydrogen-bond donors (Lipinski definition) is 0. The second-order valence-electron chi connectivity index (χ2n) is 10.7. The summed E-state index contributed by atoms with van der Waals surface area (Å²) in [6, 6.07) is 0. The monoisotopic (exact) mass is 496 g/mol. The number of ether oxygens (including phenoxy) is 2. The molecule has 0 saturated heterocycles. The van der Waals surface area contributed by atoms with Gasteiger partial charge in [0.05, 0.1) is 13.2 Å². The number of hydrogen-bond acceptors (Lipinski definition) is 4. The number of carbonyl (C=O) groups excluding carboxylic acids is 2.